The highest BCUT2D eigenvalue weighted by molar-refractivity contribution is 5.76. The zero-order valence-electron chi connectivity index (χ0n) is 14.9. The molecule has 1 aromatic carbocycles. The minimum Gasteiger partial charge on any atom is -0.337 e. The lowest BCUT2D eigenvalue weighted by atomic mass is 10.0. The zero-order chi connectivity index (χ0) is 17.5. The van der Waals surface area contributed by atoms with Gasteiger partial charge in [0.05, 0.1) is 0 Å². The highest BCUT2D eigenvalue weighted by atomic mass is 16.2. The smallest absolute Gasteiger partial charge is 0.244 e. The van der Waals surface area contributed by atoms with Crippen molar-refractivity contribution in [1.29, 1.82) is 0 Å². The van der Waals surface area contributed by atoms with Crippen LogP contribution < -0.4 is 0 Å². The van der Waals surface area contributed by atoms with E-state index in [1.165, 1.54) is 11.9 Å². The average Bonchev–Trinajstić information content (AvgIpc) is 3.13. The molecule has 0 N–H and O–H groups in total. The third-order valence-corrected chi connectivity index (χ3v) is 4.72. The van der Waals surface area contributed by atoms with Gasteiger partial charge in [0.1, 0.15) is 19.2 Å². The molecular formula is C19H27N5O. The summed E-state index contributed by atoms with van der Waals surface area (Å²) in [5.74, 6) is 0.138. The maximum atomic E-state index is 12.8. The van der Waals surface area contributed by atoms with Crippen LogP contribution in [-0.4, -0.2) is 56.1 Å². The van der Waals surface area contributed by atoms with E-state index in [0.29, 0.717) is 0 Å². The summed E-state index contributed by atoms with van der Waals surface area (Å²) in [6.45, 7) is 6.20. The standard InChI is InChI=1S/C19H27N5O/c1-2-10-24(19(25)14-23-16-20-15-21-23)18-9-6-11-22(13-18)12-17-7-4-3-5-8-17/h3-5,7-8,15-16,18H,2,6,9-14H2,1H3/t18-/m1/s1. The Labute approximate surface area is 149 Å². The van der Waals surface area contributed by atoms with Gasteiger partial charge in [0.25, 0.3) is 0 Å². The van der Waals surface area contributed by atoms with Gasteiger partial charge in [-0.1, -0.05) is 37.3 Å². The molecule has 25 heavy (non-hydrogen) atoms. The summed E-state index contributed by atoms with van der Waals surface area (Å²) in [6.07, 6.45) is 6.26. The van der Waals surface area contributed by atoms with E-state index in [4.69, 9.17) is 0 Å². The number of hydrogen-bond donors (Lipinski definition) is 0. The van der Waals surface area contributed by atoms with Gasteiger partial charge in [-0.15, -0.1) is 0 Å². The summed E-state index contributed by atoms with van der Waals surface area (Å²) >= 11 is 0. The summed E-state index contributed by atoms with van der Waals surface area (Å²) in [5.41, 5.74) is 1.33. The molecule has 1 aliphatic rings. The molecule has 2 heterocycles. The van der Waals surface area contributed by atoms with Gasteiger partial charge >= 0.3 is 0 Å². The molecular weight excluding hydrogens is 314 g/mol. The SMILES string of the molecule is CCCN(C(=O)Cn1cncn1)[C@@H]1CCCN(Cc2ccccc2)C1. The summed E-state index contributed by atoms with van der Waals surface area (Å²) < 4.78 is 1.61. The molecule has 2 aromatic rings. The Bertz CT molecular complexity index is 643. The summed E-state index contributed by atoms with van der Waals surface area (Å²) in [5, 5.41) is 4.06. The van der Waals surface area contributed by atoms with Crippen LogP contribution in [0.15, 0.2) is 43.0 Å². The van der Waals surface area contributed by atoms with Gasteiger partial charge < -0.3 is 4.90 Å². The van der Waals surface area contributed by atoms with Crippen LogP contribution in [0.1, 0.15) is 31.7 Å². The van der Waals surface area contributed by atoms with Crippen molar-refractivity contribution in [3.8, 4) is 0 Å². The number of aromatic nitrogens is 3. The van der Waals surface area contributed by atoms with E-state index in [1.807, 2.05) is 6.07 Å². The van der Waals surface area contributed by atoms with Crippen LogP contribution in [0.2, 0.25) is 0 Å². The summed E-state index contributed by atoms with van der Waals surface area (Å²) in [6, 6.07) is 10.8. The summed E-state index contributed by atoms with van der Waals surface area (Å²) in [4.78, 5) is 21.2. The quantitative estimate of drug-likeness (QED) is 0.775. The number of carbonyl (C=O) groups excluding carboxylic acids is 1. The van der Waals surface area contributed by atoms with Gasteiger partial charge in [0, 0.05) is 25.7 Å². The van der Waals surface area contributed by atoms with Crippen LogP contribution in [0.3, 0.4) is 0 Å². The second kappa shape index (κ2) is 8.76. The first kappa shape index (κ1) is 17.6. The fraction of sp³-hybridized carbons (Fsp3) is 0.526. The van der Waals surface area contributed by atoms with Crippen LogP contribution in [0.25, 0.3) is 0 Å². The molecule has 1 fully saturated rings. The third kappa shape index (κ3) is 4.89. The molecule has 6 heteroatoms. The maximum absolute atomic E-state index is 12.8. The normalized spacial score (nSPS) is 18.2. The number of rotatable bonds is 7. The van der Waals surface area contributed by atoms with E-state index in [0.717, 1.165) is 45.4 Å². The summed E-state index contributed by atoms with van der Waals surface area (Å²) in [7, 11) is 0. The molecule has 1 amide bonds. The van der Waals surface area contributed by atoms with E-state index in [-0.39, 0.29) is 18.5 Å². The second-order valence-corrected chi connectivity index (χ2v) is 6.70. The van der Waals surface area contributed by atoms with Crippen LogP contribution in [0, 0.1) is 0 Å². The maximum Gasteiger partial charge on any atom is 0.244 e. The van der Waals surface area contributed by atoms with Crippen molar-refractivity contribution in [2.75, 3.05) is 19.6 Å². The van der Waals surface area contributed by atoms with E-state index in [1.54, 1.807) is 11.0 Å². The van der Waals surface area contributed by atoms with Crippen molar-refractivity contribution in [1.82, 2.24) is 24.6 Å². The highest BCUT2D eigenvalue weighted by Gasteiger charge is 2.28. The lowest BCUT2D eigenvalue weighted by molar-refractivity contribution is -0.135. The Morgan fingerprint density at radius 3 is 2.88 bits per heavy atom. The van der Waals surface area contributed by atoms with Gasteiger partial charge in [0.2, 0.25) is 5.91 Å². The van der Waals surface area contributed by atoms with Crippen molar-refractivity contribution in [2.45, 2.75) is 45.3 Å². The first-order chi connectivity index (χ1) is 12.3. The molecule has 0 bridgehead atoms. The van der Waals surface area contributed by atoms with Gasteiger partial charge in [-0.2, -0.15) is 5.10 Å². The number of benzene rings is 1. The predicted molar refractivity (Wildman–Crippen MR) is 96.8 cm³/mol. The van der Waals surface area contributed by atoms with E-state index in [9.17, 15) is 4.79 Å². The molecule has 0 aliphatic carbocycles. The van der Waals surface area contributed by atoms with Crippen molar-refractivity contribution in [2.24, 2.45) is 0 Å². The van der Waals surface area contributed by atoms with E-state index in [2.05, 4.69) is 51.1 Å². The number of amides is 1. The Balaban J connectivity index is 1.62. The molecule has 3 rings (SSSR count). The molecule has 0 spiro atoms. The fourth-order valence-corrected chi connectivity index (χ4v) is 3.57. The number of piperidine rings is 1. The molecule has 134 valence electrons. The van der Waals surface area contributed by atoms with Gasteiger partial charge in [0.15, 0.2) is 0 Å². The molecule has 0 unspecified atom stereocenters. The first-order valence-corrected chi connectivity index (χ1v) is 9.14. The Morgan fingerprint density at radius 2 is 2.16 bits per heavy atom. The van der Waals surface area contributed by atoms with Crippen molar-refractivity contribution in [3.63, 3.8) is 0 Å². The Morgan fingerprint density at radius 1 is 1.32 bits per heavy atom. The minimum absolute atomic E-state index is 0.138. The molecule has 6 nitrogen and oxygen atoms in total. The third-order valence-electron chi connectivity index (χ3n) is 4.72. The molecule has 1 aromatic heterocycles. The molecule has 1 atom stereocenters. The zero-order valence-corrected chi connectivity index (χ0v) is 14.9. The highest BCUT2D eigenvalue weighted by Crippen LogP contribution is 2.19. The second-order valence-electron chi connectivity index (χ2n) is 6.70. The lowest BCUT2D eigenvalue weighted by Gasteiger charge is -2.39. The lowest BCUT2D eigenvalue weighted by Crippen LogP contribution is -2.51. The number of hydrogen-bond acceptors (Lipinski definition) is 4. The van der Waals surface area contributed by atoms with Crippen LogP contribution in [0.5, 0.6) is 0 Å². The van der Waals surface area contributed by atoms with Gasteiger partial charge in [-0.05, 0) is 31.4 Å². The van der Waals surface area contributed by atoms with Crippen molar-refractivity contribution < 1.29 is 4.79 Å². The van der Waals surface area contributed by atoms with Crippen molar-refractivity contribution in [3.05, 3.63) is 48.5 Å². The first-order valence-electron chi connectivity index (χ1n) is 9.14. The molecule has 1 aliphatic heterocycles. The number of carbonyl (C=O) groups is 1. The number of nitrogens with zero attached hydrogens (tertiary/aromatic N) is 5. The topological polar surface area (TPSA) is 54.3 Å². The van der Waals surface area contributed by atoms with E-state index < -0.39 is 0 Å². The van der Waals surface area contributed by atoms with Crippen molar-refractivity contribution >= 4 is 5.91 Å². The van der Waals surface area contributed by atoms with Gasteiger partial charge in [-0.25, -0.2) is 9.67 Å². The molecule has 0 saturated carbocycles. The predicted octanol–water partition coefficient (Wildman–Crippen LogP) is 2.18. The van der Waals surface area contributed by atoms with Gasteiger partial charge in [-0.3, -0.25) is 9.69 Å². The monoisotopic (exact) mass is 341 g/mol. The Kier molecular flexibility index (Phi) is 6.17. The number of likely N-dealkylation sites (tertiary alicyclic amines) is 1. The van der Waals surface area contributed by atoms with Crippen LogP contribution in [0.4, 0.5) is 0 Å². The molecule has 1 saturated heterocycles. The largest absolute Gasteiger partial charge is 0.337 e. The molecule has 0 radical (unpaired) electrons. The fourth-order valence-electron chi connectivity index (χ4n) is 3.57. The van der Waals surface area contributed by atoms with Crippen LogP contribution in [-0.2, 0) is 17.9 Å². The van der Waals surface area contributed by atoms with Crippen LogP contribution >= 0.6 is 0 Å². The van der Waals surface area contributed by atoms with E-state index >= 15 is 0 Å². The average molecular weight is 341 g/mol. The minimum atomic E-state index is 0.138. The Hall–Kier alpha value is -2.21.